The van der Waals surface area contributed by atoms with Crippen molar-refractivity contribution in [2.24, 2.45) is 5.41 Å². The van der Waals surface area contributed by atoms with Crippen molar-refractivity contribution in [1.82, 2.24) is 20.5 Å². The van der Waals surface area contributed by atoms with Crippen LogP contribution in [0.3, 0.4) is 0 Å². The van der Waals surface area contributed by atoms with Gasteiger partial charge in [0, 0.05) is 32.0 Å². The van der Waals surface area contributed by atoms with Crippen LogP contribution in [-0.2, 0) is 17.8 Å². The van der Waals surface area contributed by atoms with Gasteiger partial charge in [-0.25, -0.2) is 0 Å². The second-order valence-corrected chi connectivity index (χ2v) is 7.74. The predicted octanol–water partition coefficient (Wildman–Crippen LogP) is 2.55. The third kappa shape index (κ3) is 4.25. The Labute approximate surface area is 176 Å². The lowest BCUT2D eigenvalue weighted by atomic mass is 9.73. The van der Waals surface area contributed by atoms with Crippen molar-refractivity contribution >= 4 is 11.7 Å². The summed E-state index contributed by atoms with van der Waals surface area (Å²) in [4.78, 5) is 19.5. The molecule has 4 rings (SSSR count). The summed E-state index contributed by atoms with van der Waals surface area (Å²) in [6.45, 7) is 3.53. The number of hydrogen-bond acceptors (Lipinski definition) is 6. The Morgan fingerprint density at radius 2 is 1.97 bits per heavy atom. The van der Waals surface area contributed by atoms with Crippen molar-refractivity contribution in [2.75, 3.05) is 25.1 Å². The van der Waals surface area contributed by atoms with Crippen molar-refractivity contribution in [3.05, 3.63) is 77.7 Å². The number of rotatable bonds is 7. The molecule has 1 aliphatic heterocycles. The van der Waals surface area contributed by atoms with E-state index in [0.29, 0.717) is 26.1 Å². The average Bonchev–Trinajstić information content (AvgIpc) is 2.76. The van der Waals surface area contributed by atoms with Crippen molar-refractivity contribution < 1.29 is 9.53 Å². The number of amides is 1. The zero-order valence-electron chi connectivity index (χ0n) is 17.2. The van der Waals surface area contributed by atoms with Gasteiger partial charge >= 0.3 is 0 Å². The van der Waals surface area contributed by atoms with E-state index in [1.807, 2.05) is 55.5 Å². The van der Waals surface area contributed by atoms with Crippen LogP contribution in [0.25, 0.3) is 0 Å². The van der Waals surface area contributed by atoms with Crippen LogP contribution in [0.4, 0.5) is 5.82 Å². The molecule has 3 heterocycles. The molecule has 154 valence electrons. The normalized spacial score (nSPS) is 14.7. The van der Waals surface area contributed by atoms with Crippen LogP contribution in [0.5, 0.6) is 5.75 Å². The third-order valence-corrected chi connectivity index (χ3v) is 5.43. The maximum atomic E-state index is 13.3. The predicted molar refractivity (Wildman–Crippen MR) is 114 cm³/mol. The van der Waals surface area contributed by atoms with Gasteiger partial charge in [0.05, 0.1) is 18.2 Å². The number of nitrogens with one attached hydrogen (secondary N) is 1. The molecule has 0 spiro atoms. The molecule has 0 unspecified atom stereocenters. The molecule has 1 saturated heterocycles. The Morgan fingerprint density at radius 1 is 1.13 bits per heavy atom. The molecule has 2 aromatic heterocycles. The van der Waals surface area contributed by atoms with E-state index in [0.717, 1.165) is 28.4 Å². The maximum absolute atomic E-state index is 13.3. The van der Waals surface area contributed by atoms with Crippen molar-refractivity contribution in [2.45, 2.75) is 19.9 Å². The third-order valence-electron chi connectivity index (χ3n) is 5.43. The van der Waals surface area contributed by atoms with Gasteiger partial charge in [-0.3, -0.25) is 9.78 Å². The minimum absolute atomic E-state index is 0.0329. The number of anilines is 1. The van der Waals surface area contributed by atoms with E-state index in [1.54, 1.807) is 19.5 Å². The smallest absolute Gasteiger partial charge is 0.230 e. The molecule has 7 nitrogen and oxygen atoms in total. The molecule has 7 heteroatoms. The highest BCUT2D eigenvalue weighted by Crippen LogP contribution is 2.37. The number of carbonyl (C=O) groups is 1. The largest absolute Gasteiger partial charge is 0.497 e. The van der Waals surface area contributed by atoms with E-state index >= 15 is 0 Å². The van der Waals surface area contributed by atoms with Crippen LogP contribution in [-0.4, -0.2) is 41.3 Å². The molecule has 1 N–H and O–H groups in total. The van der Waals surface area contributed by atoms with Crippen LogP contribution in [0.2, 0.25) is 0 Å². The van der Waals surface area contributed by atoms with E-state index in [9.17, 15) is 4.79 Å². The molecule has 0 bridgehead atoms. The standard InChI is InChI=1S/C23H25N5O2/c1-17-8-9-21(27-26-17)28-15-23(16-28,12-18-5-3-7-20(11-18)30-2)22(29)25-14-19-6-4-10-24-13-19/h3-11,13H,12,14-16H2,1-2H3,(H,25,29). The van der Waals surface area contributed by atoms with Gasteiger partial charge < -0.3 is 15.0 Å². The fourth-order valence-electron chi connectivity index (χ4n) is 3.79. The lowest BCUT2D eigenvalue weighted by molar-refractivity contribution is -0.132. The highest BCUT2D eigenvalue weighted by molar-refractivity contribution is 5.86. The molecule has 1 fully saturated rings. The van der Waals surface area contributed by atoms with Gasteiger partial charge in [0.15, 0.2) is 5.82 Å². The Hall–Kier alpha value is -3.48. The molecule has 0 atom stereocenters. The van der Waals surface area contributed by atoms with Gasteiger partial charge in [0.2, 0.25) is 5.91 Å². The fourth-order valence-corrected chi connectivity index (χ4v) is 3.79. The Balaban J connectivity index is 1.52. The molecule has 0 aliphatic carbocycles. The number of hydrogen-bond donors (Lipinski definition) is 1. The number of aryl methyl sites for hydroxylation is 1. The number of methoxy groups -OCH3 is 1. The van der Waals surface area contributed by atoms with Gasteiger partial charge in [0.1, 0.15) is 5.75 Å². The summed E-state index contributed by atoms with van der Waals surface area (Å²) in [7, 11) is 1.65. The molecule has 0 radical (unpaired) electrons. The Morgan fingerprint density at radius 3 is 2.67 bits per heavy atom. The van der Waals surface area contributed by atoms with Crippen LogP contribution >= 0.6 is 0 Å². The number of carbonyl (C=O) groups excluding carboxylic acids is 1. The summed E-state index contributed by atoms with van der Waals surface area (Å²) in [6.07, 6.45) is 4.12. The molecule has 3 aromatic rings. The van der Waals surface area contributed by atoms with Gasteiger partial charge in [-0.2, -0.15) is 5.10 Å². The van der Waals surface area contributed by atoms with E-state index in [1.165, 1.54) is 0 Å². The second kappa shape index (κ2) is 8.49. The van der Waals surface area contributed by atoms with Crippen LogP contribution in [0, 0.1) is 12.3 Å². The zero-order chi connectivity index (χ0) is 21.0. The van der Waals surface area contributed by atoms with Crippen LogP contribution < -0.4 is 15.0 Å². The number of ether oxygens (including phenoxy) is 1. The molecular weight excluding hydrogens is 378 g/mol. The molecule has 1 amide bonds. The lowest BCUT2D eigenvalue weighted by Crippen LogP contribution is -2.64. The minimum atomic E-state index is -0.541. The van der Waals surface area contributed by atoms with Gasteiger partial charge in [-0.15, -0.1) is 5.10 Å². The quantitative estimate of drug-likeness (QED) is 0.653. The molecule has 0 saturated carbocycles. The first kappa shape index (κ1) is 19.8. The number of benzene rings is 1. The molecular formula is C23H25N5O2. The number of aromatic nitrogens is 3. The van der Waals surface area contributed by atoms with Crippen LogP contribution in [0.1, 0.15) is 16.8 Å². The first-order chi connectivity index (χ1) is 14.6. The molecule has 1 aliphatic rings. The van der Waals surface area contributed by atoms with E-state index in [2.05, 4.69) is 25.4 Å². The van der Waals surface area contributed by atoms with E-state index in [4.69, 9.17) is 4.74 Å². The zero-order valence-corrected chi connectivity index (χ0v) is 17.2. The SMILES string of the molecule is COc1cccc(CC2(C(=O)NCc3cccnc3)CN(c3ccc(C)nn3)C2)c1. The highest BCUT2D eigenvalue weighted by atomic mass is 16.5. The van der Waals surface area contributed by atoms with E-state index in [-0.39, 0.29) is 5.91 Å². The summed E-state index contributed by atoms with van der Waals surface area (Å²) in [5.74, 6) is 1.62. The van der Waals surface area contributed by atoms with Gasteiger partial charge in [-0.05, 0) is 54.8 Å². The highest BCUT2D eigenvalue weighted by Gasteiger charge is 2.49. The summed E-state index contributed by atoms with van der Waals surface area (Å²) in [5.41, 5.74) is 2.38. The van der Waals surface area contributed by atoms with Crippen LogP contribution in [0.15, 0.2) is 60.9 Å². The summed E-state index contributed by atoms with van der Waals surface area (Å²) >= 11 is 0. The van der Waals surface area contributed by atoms with E-state index < -0.39 is 5.41 Å². The number of pyridine rings is 1. The van der Waals surface area contributed by atoms with Gasteiger partial charge in [-0.1, -0.05) is 18.2 Å². The summed E-state index contributed by atoms with van der Waals surface area (Å²) in [6, 6.07) is 15.6. The first-order valence-electron chi connectivity index (χ1n) is 9.93. The monoisotopic (exact) mass is 403 g/mol. The number of nitrogens with zero attached hydrogens (tertiary/aromatic N) is 4. The van der Waals surface area contributed by atoms with Crippen molar-refractivity contribution in [3.8, 4) is 5.75 Å². The Kier molecular flexibility index (Phi) is 5.61. The van der Waals surface area contributed by atoms with Gasteiger partial charge in [0.25, 0.3) is 0 Å². The lowest BCUT2D eigenvalue weighted by Gasteiger charge is -2.49. The maximum Gasteiger partial charge on any atom is 0.230 e. The second-order valence-electron chi connectivity index (χ2n) is 7.74. The Bertz CT molecular complexity index is 1000. The van der Waals surface area contributed by atoms with Crippen molar-refractivity contribution in [3.63, 3.8) is 0 Å². The summed E-state index contributed by atoms with van der Waals surface area (Å²) in [5, 5.41) is 11.5. The fraction of sp³-hybridized carbons (Fsp3) is 0.304. The summed E-state index contributed by atoms with van der Waals surface area (Å²) < 4.78 is 5.35. The molecule has 1 aromatic carbocycles. The van der Waals surface area contributed by atoms with Crippen molar-refractivity contribution in [1.29, 1.82) is 0 Å². The minimum Gasteiger partial charge on any atom is -0.497 e. The molecule has 30 heavy (non-hydrogen) atoms. The first-order valence-corrected chi connectivity index (χ1v) is 9.93. The average molecular weight is 403 g/mol. The topological polar surface area (TPSA) is 80.2 Å².